The van der Waals surface area contributed by atoms with Crippen LogP contribution in [0.2, 0.25) is 0 Å². The number of likely N-dealkylation sites (N-methyl/N-ethyl adjacent to an activating group) is 2. The van der Waals surface area contributed by atoms with Crippen molar-refractivity contribution >= 4 is 5.69 Å². The third kappa shape index (κ3) is 5.64. The van der Waals surface area contributed by atoms with Crippen molar-refractivity contribution in [3.63, 3.8) is 0 Å². The molecule has 0 aromatic heterocycles. The standard InChI is InChI=1S/C17H30FN3/c1-6-10-19-12-15-8-9-17(16(18)11-15)21(7-2)14(3)13-20(4)5/h8-9,11,14,19H,6-7,10,12-13H2,1-5H3. The van der Waals surface area contributed by atoms with Gasteiger partial charge in [-0.3, -0.25) is 0 Å². The SMILES string of the molecule is CCCNCc1ccc(N(CC)C(C)CN(C)C)c(F)c1. The fourth-order valence-corrected chi connectivity index (χ4v) is 2.65. The molecule has 0 saturated carbocycles. The number of nitrogens with zero attached hydrogens (tertiary/aromatic N) is 2. The smallest absolute Gasteiger partial charge is 0.146 e. The van der Waals surface area contributed by atoms with Crippen LogP contribution in [0.15, 0.2) is 18.2 Å². The van der Waals surface area contributed by atoms with E-state index in [1.54, 1.807) is 6.07 Å². The molecule has 0 fully saturated rings. The summed E-state index contributed by atoms with van der Waals surface area (Å²) in [5.74, 6) is -0.127. The normalized spacial score (nSPS) is 12.7. The summed E-state index contributed by atoms with van der Waals surface area (Å²) in [6.45, 7) is 9.74. The third-order valence-corrected chi connectivity index (χ3v) is 3.58. The van der Waals surface area contributed by atoms with E-state index in [-0.39, 0.29) is 11.9 Å². The first kappa shape index (κ1) is 17.9. The van der Waals surface area contributed by atoms with Gasteiger partial charge in [0.15, 0.2) is 0 Å². The molecule has 1 atom stereocenters. The highest BCUT2D eigenvalue weighted by molar-refractivity contribution is 5.50. The molecule has 0 aliphatic carbocycles. The molecular weight excluding hydrogens is 265 g/mol. The summed E-state index contributed by atoms with van der Waals surface area (Å²) in [5, 5.41) is 3.30. The highest BCUT2D eigenvalue weighted by atomic mass is 19.1. The van der Waals surface area contributed by atoms with Crippen LogP contribution in [0.5, 0.6) is 0 Å². The Balaban J connectivity index is 2.81. The van der Waals surface area contributed by atoms with Gasteiger partial charge in [0.05, 0.1) is 5.69 Å². The number of benzene rings is 1. The number of rotatable bonds is 9. The van der Waals surface area contributed by atoms with Crippen LogP contribution in [0.25, 0.3) is 0 Å². The third-order valence-electron chi connectivity index (χ3n) is 3.58. The van der Waals surface area contributed by atoms with Gasteiger partial charge in [-0.05, 0) is 58.6 Å². The van der Waals surface area contributed by atoms with Crippen LogP contribution in [0.1, 0.15) is 32.8 Å². The van der Waals surface area contributed by atoms with Gasteiger partial charge in [-0.15, -0.1) is 0 Å². The van der Waals surface area contributed by atoms with Crippen LogP contribution in [0, 0.1) is 5.82 Å². The predicted octanol–water partition coefficient (Wildman–Crippen LogP) is 3.10. The maximum absolute atomic E-state index is 14.4. The molecule has 1 rings (SSSR count). The van der Waals surface area contributed by atoms with Crippen LogP contribution in [0.3, 0.4) is 0 Å². The van der Waals surface area contributed by atoms with Gasteiger partial charge in [-0.25, -0.2) is 4.39 Å². The minimum atomic E-state index is -0.127. The summed E-state index contributed by atoms with van der Waals surface area (Å²) in [6.07, 6.45) is 1.09. The number of hydrogen-bond acceptors (Lipinski definition) is 3. The lowest BCUT2D eigenvalue weighted by molar-refractivity contribution is 0.371. The Morgan fingerprint density at radius 3 is 2.48 bits per heavy atom. The first-order valence-corrected chi connectivity index (χ1v) is 7.90. The Kier molecular flexibility index (Phi) is 7.68. The average Bonchev–Trinajstić information content (AvgIpc) is 2.41. The first-order valence-electron chi connectivity index (χ1n) is 7.90. The van der Waals surface area contributed by atoms with Crippen molar-refractivity contribution in [2.75, 3.05) is 38.6 Å². The molecule has 0 saturated heterocycles. The van der Waals surface area contributed by atoms with Crippen LogP contribution in [0.4, 0.5) is 10.1 Å². The summed E-state index contributed by atoms with van der Waals surface area (Å²) in [7, 11) is 4.09. The van der Waals surface area contributed by atoms with Crippen molar-refractivity contribution in [1.29, 1.82) is 0 Å². The lowest BCUT2D eigenvalue weighted by Gasteiger charge is -2.32. The molecule has 0 heterocycles. The lowest BCUT2D eigenvalue weighted by Crippen LogP contribution is -2.40. The molecule has 1 unspecified atom stereocenters. The van der Waals surface area contributed by atoms with Gasteiger partial charge in [0.2, 0.25) is 0 Å². The zero-order valence-corrected chi connectivity index (χ0v) is 14.1. The fraction of sp³-hybridized carbons (Fsp3) is 0.647. The van der Waals surface area contributed by atoms with Crippen molar-refractivity contribution in [1.82, 2.24) is 10.2 Å². The molecule has 0 aliphatic rings. The van der Waals surface area contributed by atoms with E-state index >= 15 is 0 Å². The van der Waals surface area contributed by atoms with E-state index in [0.29, 0.717) is 5.69 Å². The topological polar surface area (TPSA) is 18.5 Å². The highest BCUT2D eigenvalue weighted by Gasteiger charge is 2.17. The molecule has 0 spiro atoms. The van der Waals surface area contributed by atoms with Crippen LogP contribution < -0.4 is 10.2 Å². The Bertz CT molecular complexity index is 420. The minimum absolute atomic E-state index is 0.127. The van der Waals surface area contributed by atoms with Crippen molar-refractivity contribution in [3.05, 3.63) is 29.6 Å². The Morgan fingerprint density at radius 2 is 1.95 bits per heavy atom. The number of anilines is 1. The molecule has 1 aromatic rings. The molecule has 1 aromatic carbocycles. The van der Waals surface area contributed by atoms with Crippen molar-refractivity contribution in [3.8, 4) is 0 Å². The molecule has 1 N–H and O–H groups in total. The number of halogens is 1. The zero-order valence-electron chi connectivity index (χ0n) is 14.1. The Morgan fingerprint density at radius 1 is 1.24 bits per heavy atom. The van der Waals surface area contributed by atoms with Gasteiger partial charge in [-0.2, -0.15) is 0 Å². The van der Waals surface area contributed by atoms with Crippen LogP contribution in [-0.4, -0.2) is 44.7 Å². The monoisotopic (exact) mass is 295 g/mol. The predicted molar refractivity (Wildman–Crippen MR) is 89.4 cm³/mol. The second-order valence-electron chi connectivity index (χ2n) is 5.86. The molecule has 0 amide bonds. The summed E-state index contributed by atoms with van der Waals surface area (Å²) in [4.78, 5) is 4.26. The Hall–Kier alpha value is -1.13. The summed E-state index contributed by atoms with van der Waals surface area (Å²) >= 11 is 0. The molecule has 120 valence electrons. The molecule has 3 nitrogen and oxygen atoms in total. The van der Waals surface area contributed by atoms with Gasteiger partial charge in [-0.1, -0.05) is 13.0 Å². The molecule has 0 aliphatic heterocycles. The summed E-state index contributed by atoms with van der Waals surface area (Å²) < 4.78 is 14.4. The number of hydrogen-bond donors (Lipinski definition) is 1. The second kappa shape index (κ2) is 9.00. The van der Waals surface area contributed by atoms with Crippen LogP contribution >= 0.6 is 0 Å². The van der Waals surface area contributed by atoms with Crippen molar-refractivity contribution in [2.45, 2.75) is 39.8 Å². The number of nitrogens with one attached hydrogen (secondary N) is 1. The molecule has 0 radical (unpaired) electrons. The summed E-state index contributed by atoms with van der Waals surface area (Å²) in [6, 6.07) is 5.87. The molecule has 21 heavy (non-hydrogen) atoms. The maximum atomic E-state index is 14.4. The van der Waals surface area contributed by atoms with E-state index in [1.165, 1.54) is 0 Å². The van der Waals surface area contributed by atoms with Gasteiger partial charge in [0.1, 0.15) is 5.82 Å². The minimum Gasteiger partial charge on any atom is -0.365 e. The molecular formula is C17H30FN3. The van der Waals surface area contributed by atoms with Crippen molar-refractivity contribution < 1.29 is 4.39 Å². The molecule has 4 heteroatoms. The summed E-state index contributed by atoms with van der Waals surface area (Å²) in [5.41, 5.74) is 1.70. The van der Waals surface area contributed by atoms with E-state index < -0.39 is 0 Å². The Labute approximate surface area is 129 Å². The van der Waals surface area contributed by atoms with E-state index in [1.807, 2.05) is 26.2 Å². The van der Waals surface area contributed by atoms with Gasteiger partial charge in [0, 0.05) is 25.7 Å². The first-order chi connectivity index (χ1) is 9.99. The van der Waals surface area contributed by atoms with E-state index in [4.69, 9.17) is 0 Å². The second-order valence-corrected chi connectivity index (χ2v) is 5.86. The van der Waals surface area contributed by atoms with Crippen LogP contribution in [-0.2, 0) is 6.54 Å². The van der Waals surface area contributed by atoms with E-state index in [2.05, 4.69) is 35.9 Å². The maximum Gasteiger partial charge on any atom is 0.146 e. The largest absolute Gasteiger partial charge is 0.365 e. The lowest BCUT2D eigenvalue weighted by atomic mass is 10.1. The average molecular weight is 295 g/mol. The van der Waals surface area contributed by atoms with E-state index in [9.17, 15) is 4.39 Å². The quantitative estimate of drug-likeness (QED) is 0.706. The zero-order chi connectivity index (χ0) is 15.8. The van der Waals surface area contributed by atoms with Crippen molar-refractivity contribution in [2.24, 2.45) is 0 Å². The van der Waals surface area contributed by atoms with Gasteiger partial charge < -0.3 is 15.1 Å². The van der Waals surface area contributed by atoms with Gasteiger partial charge in [0.25, 0.3) is 0 Å². The fourth-order valence-electron chi connectivity index (χ4n) is 2.65. The van der Waals surface area contributed by atoms with E-state index in [0.717, 1.165) is 38.2 Å². The molecule has 0 bridgehead atoms. The van der Waals surface area contributed by atoms with Gasteiger partial charge >= 0.3 is 0 Å². The highest BCUT2D eigenvalue weighted by Crippen LogP contribution is 2.22.